The second-order valence-electron chi connectivity index (χ2n) is 5.95. The lowest BCUT2D eigenvalue weighted by Crippen LogP contribution is -1.99. The number of benzene rings is 1. The first kappa shape index (κ1) is 17.3. The fraction of sp³-hybridized carbons (Fsp3) is 0.350. The Labute approximate surface area is 148 Å². The number of fused-ring (bicyclic) bond motifs is 1. The molecule has 0 unspecified atom stereocenters. The summed E-state index contributed by atoms with van der Waals surface area (Å²) in [4.78, 5) is 7.89. The van der Waals surface area contributed by atoms with Gasteiger partial charge in [0.25, 0.3) is 0 Å². The zero-order valence-corrected chi connectivity index (χ0v) is 14.8. The number of H-pyrrole nitrogens is 1. The molecule has 5 heteroatoms. The van der Waals surface area contributed by atoms with Crippen LogP contribution < -0.4 is 15.2 Å². The largest absolute Gasteiger partial charge is 0.494 e. The van der Waals surface area contributed by atoms with Gasteiger partial charge in [-0.25, -0.2) is 4.98 Å². The predicted molar refractivity (Wildman–Crippen MR) is 101 cm³/mol. The third-order valence-electron chi connectivity index (χ3n) is 4.30. The molecular formula is C20H25N3O2. The summed E-state index contributed by atoms with van der Waals surface area (Å²) in [6.45, 7) is 3.37. The smallest absolute Gasteiger partial charge is 0.212 e. The van der Waals surface area contributed by atoms with Gasteiger partial charge in [-0.3, -0.25) is 0 Å². The van der Waals surface area contributed by atoms with Crippen molar-refractivity contribution in [2.45, 2.75) is 26.2 Å². The first-order valence-electron chi connectivity index (χ1n) is 8.74. The van der Waals surface area contributed by atoms with Crippen molar-refractivity contribution in [1.82, 2.24) is 9.97 Å². The maximum atomic E-state index is 5.68. The molecule has 0 aliphatic carbocycles. The Morgan fingerprint density at radius 2 is 2.04 bits per heavy atom. The van der Waals surface area contributed by atoms with E-state index in [1.54, 1.807) is 7.11 Å². The molecule has 5 nitrogen and oxygen atoms in total. The first-order chi connectivity index (χ1) is 12.3. The monoisotopic (exact) mass is 339 g/mol. The number of nitrogens with zero attached hydrogens (tertiary/aromatic N) is 1. The van der Waals surface area contributed by atoms with Crippen LogP contribution in [-0.2, 0) is 6.42 Å². The van der Waals surface area contributed by atoms with Crippen LogP contribution in [0.5, 0.6) is 11.6 Å². The van der Waals surface area contributed by atoms with Gasteiger partial charge in [-0.1, -0.05) is 0 Å². The highest BCUT2D eigenvalue weighted by molar-refractivity contribution is 5.91. The molecule has 2 heterocycles. The van der Waals surface area contributed by atoms with E-state index in [9.17, 15) is 0 Å². The third kappa shape index (κ3) is 3.77. The van der Waals surface area contributed by atoms with Crippen molar-refractivity contribution < 1.29 is 9.47 Å². The molecule has 2 aromatic heterocycles. The molecule has 3 rings (SSSR count). The van der Waals surface area contributed by atoms with Crippen LogP contribution in [-0.4, -0.2) is 30.2 Å². The van der Waals surface area contributed by atoms with E-state index in [0.29, 0.717) is 19.0 Å². The molecule has 0 amide bonds. The van der Waals surface area contributed by atoms with Gasteiger partial charge in [-0.05, 0) is 62.6 Å². The molecule has 0 bridgehead atoms. The summed E-state index contributed by atoms with van der Waals surface area (Å²) in [7, 11) is 1.62. The van der Waals surface area contributed by atoms with Gasteiger partial charge in [0.05, 0.1) is 19.4 Å². The van der Waals surface area contributed by atoms with Crippen LogP contribution in [0.3, 0.4) is 0 Å². The van der Waals surface area contributed by atoms with Crippen molar-refractivity contribution in [3.8, 4) is 22.9 Å². The highest BCUT2D eigenvalue weighted by Crippen LogP contribution is 2.33. The van der Waals surface area contributed by atoms with Gasteiger partial charge in [-0.2, -0.15) is 0 Å². The van der Waals surface area contributed by atoms with Crippen molar-refractivity contribution in [2.24, 2.45) is 5.73 Å². The lowest BCUT2D eigenvalue weighted by molar-refractivity contribution is 0.340. The third-order valence-corrected chi connectivity index (χ3v) is 4.30. The number of nitrogens with two attached hydrogens (primary N) is 1. The quantitative estimate of drug-likeness (QED) is 0.610. The number of aryl methyl sites for hydroxylation is 1. The van der Waals surface area contributed by atoms with Crippen molar-refractivity contribution >= 4 is 10.9 Å². The fourth-order valence-corrected chi connectivity index (χ4v) is 3.08. The lowest BCUT2D eigenvalue weighted by Gasteiger charge is -2.07. The molecule has 0 aliphatic heterocycles. The van der Waals surface area contributed by atoms with Crippen LogP contribution in [0.4, 0.5) is 0 Å². The molecule has 0 saturated carbocycles. The van der Waals surface area contributed by atoms with Gasteiger partial charge in [0.1, 0.15) is 5.75 Å². The molecule has 3 aromatic rings. The highest BCUT2D eigenvalue weighted by Gasteiger charge is 2.14. The van der Waals surface area contributed by atoms with Gasteiger partial charge < -0.3 is 20.2 Å². The minimum Gasteiger partial charge on any atom is -0.494 e. The number of ether oxygens (including phenoxy) is 2. The zero-order valence-electron chi connectivity index (χ0n) is 14.8. The Kier molecular flexibility index (Phi) is 5.56. The van der Waals surface area contributed by atoms with E-state index >= 15 is 0 Å². The number of nitrogens with one attached hydrogen (secondary N) is 1. The number of aromatic amines is 1. The molecular weight excluding hydrogens is 314 g/mol. The van der Waals surface area contributed by atoms with E-state index < -0.39 is 0 Å². The van der Waals surface area contributed by atoms with E-state index in [0.717, 1.165) is 41.8 Å². The van der Waals surface area contributed by atoms with Crippen LogP contribution in [0, 0.1) is 0 Å². The van der Waals surface area contributed by atoms with E-state index in [1.807, 2.05) is 31.3 Å². The first-order valence-corrected chi connectivity index (χ1v) is 8.74. The molecule has 25 heavy (non-hydrogen) atoms. The molecule has 0 fully saturated rings. The predicted octanol–water partition coefficient (Wildman–Crippen LogP) is 3.92. The van der Waals surface area contributed by atoms with Crippen molar-refractivity contribution in [1.29, 1.82) is 0 Å². The summed E-state index contributed by atoms with van der Waals surface area (Å²) in [6, 6.07) is 10.1. The van der Waals surface area contributed by atoms with Gasteiger partial charge in [0, 0.05) is 28.7 Å². The van der Waals surface area contributed by atoms with Gasteiger partial charge in [0.2, 0.25) is 5.88 Å². The Hall–Kier alpha value is -2.53. The van der Waals surface area contributed by atoms with Crippen LogP contribution in [0.1, 0.15) is 25.3 Å². The topological polar surface area (TPSA) is 73.2 Å². The molecule has 1 aromatic carbocycles. The number of pyridine rings is 1. The Balaban J connectivity index is 2.06. The molecule has 0 saturated heterocycles. The van der Waals surface area contributed by atoms with Gasteiger partial charge in [-0.15, -0.1) is 0 Å². The SMILES string of the molecule is CCOc1ccc2[nH]c(-c3ccc(OC)nc3)c(CCCCN)c2c1. The maximum Gasteiger partial charge on any atom is 0.212 e. The second-order valence-corrected chi connectivity index (χ2v) is 5.95. The number of aromatic nitrogens is 2. The molecule has 0 spiro atoms. The standard InChI is InChI=1S/C20H25N3O2/c1-3-25-15-8-9-18-17(12-15)16(6-4-5-11-21)20(23-18)14-7-10-19(24-2)22-13-14/h7-10,12-13,23H,3-6,11,21H2,1-2H3. The summed E-state index contributed by atoms with van der Waals surface area (Å²) in [5, 5.41) is 1.20. The summed E-state index contributed by atoms with van der Waals surface area (Å²) in [5.41, 5.74) is 10.2. The Morgan fingerprint density at radius 3 is 2.72 bits per heavy atom. The molecule has 132 valence electrons. The minimum atomic E-state index is 0.614. The molecule has 0 aliphatic rings. The Bertz CT molecular complexity index is 825. The summed E-state index contributed by atoms with van der Waals surface area (Å²) in [5.74, 6) is 1.51. The van der Waals surface area contributed by atoms with E-state index in [1.165, 1.54) is 10.9 Å². The zero-order chi connectivity index (χ0) is 17.6. The van der Waals surface area contributed by atoms with Crippen molar-refractivity contribution in [3.63, 3.8) is 0 Å². The van der Waals surface area contributed by atoms with Gasteiger partial charge in [0.15, 0.2) is 0 Å². The number of hydrogen-bond donors (Lipinski definition) is 2. The average molecular weight is 339 g/mol. The summed E-state index contributed by atoms with van der Waals surface area (Å²) in [6.07, 6.45) is 4.88. The van der Waals surface area contributed by atoms with Gasteiger partial charge >= 0.3 is 0 Å². The number of rotatable bonds is 8. The minimum absolute atomic E-state index is 0.614. The maximum absolute atomic E-state index is 5.68. The van der Waals surface area contributed by atoms with Crippen molar-refractivity contribution in [3.05, 3.63) is 42.1 Å². The normalized spacial score (nSPS) is 11.0. The van der Waals surface area contributed by atoms with E-state index in [4.69, 9.17) is 15.2 Å². The van der Waals surface area contributed by atoms with Crippen LogP contribution >= 0.6 is 0 Å². The molecule has 0 radical (unpaired) electrons. The van der Waals surface area contributed by atoms with Crippen LogP contribution in [0.2, 0.25) is 0 Å². The number of methoxy groups -OCH3 is 1. The van der Waals surface area contributed by atoms with E-state index in [-0.39, 0.29) is 0 Å². The summed E-state index contributed by atoms with van der Waals surface area (Å²) >= 11 is 0. The fourth-order valence-electron chi connectivity index (χ4n) is 3.08. The average Bonchev–Trinajstić information content (AvgIpc) is 3.00. The van der Waals surface area contributed by atoms with Crippen LogP contribution in [0.15, 0.2) is 36.5 Å². The second kappa shape index (κ2) is 8.03. The summed E-state index contributed by atoms with van der Waals surface area (Å²) < 4.78 is 10.8. The van der Waals surface area contributed by atoms with Crippen LogP contribution in [0.25, 0.3) is 22.2 Å². The van der Waals surface area contributed by atoms with Crippen molar-refractivity contribution in [2.75, 3.05) is 20.3 Å². The lowest BCUT2D eigenvalue weighted by atomic mass is 10.0. The van der Waals surface area contributed by atoms with E-state index in [2.05, 4.69) is 22.1 Å². The molecule has 3 N–H and O–H groups in total. The Morgan fingerprint density at radius 1 is 1.16 bits per heavy atom. The number of unbranched alkanes of at least 4 members (excludes halogenated alkanes) is 1. The number of hydrogen-bond acceptors (Lipinski definition) is 4. The highest BCUT2D eigenvalue weighted by atomic mass is 16.5. The molecule has 0 atom stereocenters.